The van der Waals surface area contributed by atoms with Crippen molar-refractivity contribution in [2.24, 2.45) is 0 Å². The topological polar surface area (TPSA) is 97.7 Å². The summed E-state index contributed by atoms with van der Waals surface area (Å²) in [5, 5.41) is 12.4. The number of rotatable bonds is 10. The smallest absolute Gasteiger partial charge is 0.336 e. The van der Waals surface area contributed by atoms with E-state index >= 15 is 0 Å². The second-order valence-electron chi connectivity index (χ2n) is 8.29. The molecule has 0 aliphatic carbocycles. The van der Waals surface area contributed by atoms with E-state index in [4.69, 9.17) is 31.1 Å². The number of carbonyl (C=O) groups excluding carboxylic acids is 2. The van der Waals surface area contributed by atoms with Crippen LogP contribution in [-0.2, 0) is 25.5 Å². The lowest BCUT2D eigenvalue weighted by atomic mass is 9.80. The Bertz CT molecular complexity index is 1230. The maximum atomic E-state index is 13.4. The summed E-state index contributed by atoms with van der Waals surface area (Å²) in [4.78, 5) is 26.4. The third kappa shape index (κ3) is 6.46. The van der Waals surface area contributed by atoms with Crippen LogP contribution in [-0.4, -0.2) is 32.3 Å². The van der Waals surface area contributed by atoms with Gasteiger partial charge in [0, 0.05) is 16.4 Å². The van der Waals surface area contributed by atoms with E-state index in [1.54, 1.807) is 45.2 Å². The minimum absolute atomic E-state index is 0.0419. The van der Waals surface area contributed by atoms with Crippen molar-refractivity contribution in [1.82, 2.24) is 5.32 Å². The van der Waals surface area contributed by atoms with Gasteiger partial charge in [-0.15, -0.1) is 0 Å². The molecule has 1 atom stereocenters. The van der Waals surface area contributed by atoms with Crippen molar-refractivity contribution < 1.29 is 23.8 Å². The molecule has 7 nitrogen and oxygen atoms in total. The van der Waals surface area contributed by atoms with Gasteiger partial charge in [0.2, 0.25) is 0 Å². The molecule has 0 fully saturated rings. The highest BCUT2D eigenvalue weighted by atomic mass is 35.5. The van der Waals surface area contributed by atoms with Gasteiger partial charge >= 0.3 is 11.9 Å². The van der Waals surface area contributed by atoms with Crippen LogP contribution in [0.15, 0.2) is 71.1 Å². The monoisotopic (exact) mass is 508 g/mol. The quantitative estimate of drug-likeness (QED) is 0.347. The summed E-state index contributed by atoms with van der Waals surface area (Å²) >= 11 is 6.25. The summed E-state index contributed by atoms with van der Waals surface area (Å²) in [7, 11) is 1.62. The molecule has 1 N–H and O–H groups in total. The maximum Gasteiger partial charge on any atom is 0.336 e. The SMILES string of the molecule is COc1ccccc1CCCOC(=O)C1=C(C)NC(C)=C(C(=O)OCCC#N)C1c1cccc(Cl)c1. The second kappa shape index (κ2) is 12.8. The van der Waals surface area contributed by atoms with Gasteiger partial charge in [0.15, 0.2) is 0 Å². The number of aryl methyl sites for hydroxylation is 1. The first-order valence-corrected chi connectivity index (χ1v) is 12.0. The zero-order chi connectivity index (χ0) is 26.1. The van der Waals surface area contributed by atoms with Gasteiger partial charge in [0.1, 0.15) is 12.4 Å². The minimum Gasteiger partial charge on any atom is -0.496 e. The normalized spacial score (nSPS) is 15.1. The van der Waals surface area contributed by atoms with Crippen molar-refractivity contribution in [3.63, 3.8) is 0 Å². The van der Waals surface area contributed by atoms with E-state index in [1.807, 2.05) is 30.3 Å². The van der Waals surface area contributed by atoms with E-state index in [1.165, 1.54) is 0 Å². The van der Waals surface area contributed by atoms with E-state index < -0.39 is 17.9 Å². The lowest BCUT2D eigenvalue weighted by molar-refractivity contribution is -0.140. The Hall–Kier alpha value is -3.76. The Balaban J connectivity index is 1.82. The summed E-state index contributed by atoms with van der Waals surface area (Å²) in [5.41, 5.74) is 3.43. The molecule has 2 aromatic rings. The van der Waals surface area contributed by atoms with E-state index in [2.05, 4.69) is 5.32 Å². The average molecular weight is 509 g/mol. The number of carbonyl (C=O) groups is 2. The summed E-state index contributed by atoms with van der Waals surface area (Å²) in [5.74, 6) is -1.07. The van der Waals surface area contributed by atoms with Gasteiger partial charge < -0.3 is 19.5 Å². The van der Waals surface area contributed by atoms with Gasteiger partial charge in [-0.2, -0.15) is 5.26 Å². The average Bonchev–Trinajstić information content (AvgIpc) is 2.86. The van der Waals surface area contributed by atoms with Crippen LogP contribution in [0.3, 0.4) is 0 Å². The molecule has 0 amide bonds. The standard InChI is InChI=1S/C28H29ClN2O5/c1-18-24(27(32)35-15-7-11-20-9-4-5-13-23(20)34-3)26(21-10-6-12-22(29)17-21)25(19(2)31-18)28(33)36-16-8-14-30/h4-6,9-10,12-13,17,26,31H,7-8,11,15-16H2,1-3H3. The number of hydrogen-bond donors (Lipinski definition) is 1. The van der Waals surface area contributed by atoms with Crippen LogP contribution in [0.4, 0.5) is 0 Å². The molecule has 0 bridgehead atoms. The Morgan fingerprint density at radius 3 is 2.31 bits per heavy atom. The third-order valence-corrected chi connectivity index (χ3v) is 6.08. The Kier molecular flexibility index (Phi) is 9.54. The Labute approximate surface area is 216 Å². The number of esters is 2. The molecule has 1 aliphatic rings. The molecule has 1 unspecified atom stereocenters. The minimum atomic E-state index is -0.735. The van der Waals surface area contributed by atoms with Gasteiger partial charge in [-0.05, 0) is 56.0 Å². The van der Waals surface area contributed by atoms with E-state index in [0.29, 0.717) is 40.4 Å². The van der Waals surface area contributed by atoms with E-state index in [-0.39, 0.29) is 25.2 Å². The lowest BCUT2D eigenvalue weighted by Crippen LogP contribution is -2.32. The number of ether oxygens (including phenoxy) is 3. The number of dihydropyridines is 1. The van der Waals surface area contributed by atoms with Crippen LogP contribution in [0.5, 0.6) is 5.75 Å². The summed E-state index contributed by atoms with van der Waals surface area (Å²) in [6.07, 6.45) is 1.36. The fraction of sp³-hybridized carbons (Fsp3) is 0.321. The molecular formula is C28H29ClN2O5. The fourth-order valence-corrected chi connectivity index (χ4v) is 4.44. The molecule has 3 rings (SSSR count). The van der Waals surface area contributed by atoms with Crippen molar-refractivity contribution >= 4 is 23.5 Å². The lowest BCUT2D eigenvalue weighted by Gasteiger charge is -2.30. The van der Waals surface area contributed by atoms with E-state index in [0.717, 1.165) is 11.3 Å². The van der Waals surface area contributed by atoms with Gasteiger partial charge in [-0.3, -0.25) is 0 Å². The Morgan fingerprint density at radius 2 is 1.67 bits per heavy atom. The van der Waals surface area contributed by atoms with Gasteiger partial charge in [0.25, 0.3) is 0 Å². The molecule has 1 aliphatic heterocycles. The molecule has 188 valence electrons. The molecule has 0 spiro atoms. The number of para-hydroxylation sites is 1. The number of nitrogens with zero attached hydrogens (tertiary/aromatic N) is 1. The number of benzene rings is 2. The van der Waals surface area contributed by atoms with Gasteiger partial charge in [-0.25, -0.2) is 9.59 Å². The molecule has 0 saturated carbocycles. The third-order valence-electron chi connectivity index (χ3n) is 5.85. The van der Waals surface area contributed by atoms with Gasteiger partial charge in [-0.1, -0.05) is 41.9 Å². The predicted octanol–water partition coefficient (Wildman–Crippen LogP) is 5.22. The van der Waals surface area contributed by atoms with Crippen LogP contribution in [0.1, 0.15) is 43.7 Å². The number of nitrogens with one attached hydrogen (secondary N) is 1. The number of hydrogen-bond acceptors (Lipinski definition) is 7. The highest BCUT2D eigenvalue weighted by molar-refractivity contribution is 6.30. The van der Waals surface area contributed by atoms with Crippen molar-refractivity contribution in [1.29, 1.82) is 5.26 Å². The maximum absolute atomic E-state index is 13.4. The summed E-state index contributed by atoms with van der Waals surface area (Å²) in [6, 6.07) is 16.7. The van der Waals surface area contributed by atoms with E-state index in [9.17, 15) is 9.59 Å². The number of allylic oxidation sites excluding steroid dienone is 2. The van der Waals surface area contributed by atoms with Crippen molar-refractivity contribution in [2.75, 3.05) is 20.3 Å². The van der Waals surface area contributed by atoms with Crippen molar-refractivity contribution in [3.05, 3.63) is 87.2 Å². The second-order valence-corrected chi connectivity index (χ2v) is 8.72. The zero-order valence-corrected chi connectivity index (χ0v) is 21.4. The molecule has 0 aromatic heterocycles. The fourth-order valence-electron chi connectivity index (χ4n) is 4.24. The van der Waals surface area contributed by atoms with Crippen LogP contribution >= 0.6 is 11.6 Å². The summed E-state index contributed by atoms with van der Waals surface area (Å²) in [6.45, 7) is 3.67. The highest BCUT2D eigenvalue weighted by Crippen LogP contribution is 2.40. The molecule has 1 heterocycles. The number of methoxy groups -OCH3 is 1. The van der Waals surface area contributed by atoms with Gasteiger partial charge in [0.05, 0.1) is 43.3 Å². The molecule has 2 aromatic carbocycles. The van der Waals surface area contributed by atoms with Crippen LogP contribution < -0.4 is 10.1 Å². The summed E-state index contributed by atoms with van der Waals surface area (Å²) < 4.78 is 16.4. The largest absolute Gasteiger partial charge is 0.496 e. The Morgan fingerprint density at radius 1 is 1.00 bits per heavy atom. The first kappa shape index (κ1) is 26.8. The number of halogens is 1. The first-order valence-electron chi connectivity index (χ1n) is 11.6. The van der Waals surface area contributed by atoms with Crippen LogP contribution in [0, 0.1) is 11.3 Å². The molecule has 8 heteroatoms. The molecule has 0 radical (unpaired) electrons. The van der Waals surface area contributed by atoms with Crippen LogP contribution in [0.2, 0.25) is 5.02 Å². The first-order chi connectivity index (χ1) is 17.4. The number of nitriles is 1. The predicted molar refractivity (Wildman–Crippen MR) is 136 cm³/mol. The molecular weight excluding hydrogens is 480 g/mol. The molecule has 0 saturated heterocycles. The zero-order valence-electron chi connectivity index (χ0n) is 20.6. The highest BCUT2D eigenvalue weighted by Gasteiger charge is 2.38. The van der Waals surface area contributed by atoms with Crippen LogP contribution in [0.25, 0.3) is 0 Å². The van der Waals surface area contributed by atoms with Crippen molar-refractivity contribution in [3.8, 4) is 11.8 Å². The molecule has 36 heavy (non-hydrogen) atoms. The van der Waals surface area contributed by atoms with Crippen molar-refractivity contribution in [2.45, 2.75) is 39.0 Å².